The highest BCUT2D eigenvalue weighted by Gasteiger charge is 2.37. The highest BCUT2D eigenvalue weighted by atomic mass is 19.4. The van der Waals surface area contributed by atoms with Crippen molar-refractivity contribution in [2.75, 3.05) is 5.73 Å². The summed E-state index contributed by atoms with van der Waals surface area (Å²) in [5.74, 6) is -0.677. The number of nitrogens with zero attached hydrogens (tertiary/aromatic N) is 2. The van der Waals surface area contributed by atoms with Gasteiger partial charge >= 0.3 is 12.1 Å². The number of ether oxygens (including phenoxy) is 1. The van der Waals surface area contributed by atoms with Crippen molar-refractivity contribution >= 4 is 11.7 Å². The molecule has 1 aromatic heterocycles. The van der Waals surface area contributed by atoms with Crippen molar-refractivity contribution in [2.45, 2.75) is 45.5 Å². The Kier molecular flexibility index (Phi) is 3.83. The van der Waals surface area contributed by atoms with Gasteiger partial charge in [-0.25, -0.2) is 4.79 Å². The Morgan fingerprint density at radius 2 is 1.95 bits per heavy atom. The van der Waals surface area contributed by atoms with E-state index >= 15 is 0 Å². The number of esters is 1. The summed E-state index contributed by atoms with van der Waals surface area (Å²) in [5, 5.41) is 3.30. The number of carbonyl (C=O) groups excluding carboxylic acids is 1. The first kappa shape index (κ1) is 15.3. The van der Waals surface area contributed by atoms with Crippen LogP contribution in [0.5, 0.6) is 0 Å². The fraction of sp³-hybridized carbons (Fsp3) is 0.636. The Morgan fingerprint density at radius 1 is 1.42 bits per heavy atom. The fourth-order valence-electron chi connectivity index (χ4n) is 1.32. The average Bonchev–Trinajstić information content (AvgIpc) is 2.55. The minimum Gasteiger partial charge on any atom is -0.458 e. The summed E-state index contributed by atoms with van der Waals surface area (Å²) in [7, 11) is 0. The molecule has 1 heterocycles. The molecule has 0 amide bonds. The molecule has 0 bridgehead atoms. The first-order valence-electron chi connectivity index (χ1n) is 5.56. The average molecular weight is 279 g/mol. The molecule has 108 valence electrons. The molecule has 0 aliphatic rings. The SMILES string of the molecule is C[C@@H](C(=O)OC(C)(C)C)n1cc(N)c(C(F)(F)F)n1. The number of aromatic nitrogens is 2. The molecule has 5 nitrogen and oxygen atoms in total. The maximum absolute atomic E-state index is 12.5. The van der Waals surface area contributed by atoms with Gasteiger partial charge in [-0.2, -0.15) is 18.3 Å². The zero-order valence-electron chi connectivity index (χ0n) is 11.1. The summed E-state index contributed by atoms with van der Waals surface area (Å²) < 4.78 is 43.5. The number of hydrogen-bond acceptors (Lipinski definition) is 4. The second kappa shape index (κ2) is 4.75. The van der Waals surface area contributed by atoms with E-state index < -0.39 is 35.2 Å². The van der Waals surface area contributed by atoms with Crippen LogP contribution in [0.2, 0.25) is 0 Å². The van der Waals surface area contributed by atoms with Gasteiger partial charge in [0, 0.05) is 6.20 Å². The molecule has 0 aromatic carbocycles. The van der Waals surface area contributed by atoms with Crippen LogP contribution >= 0.6 is 0 Å². The van der Waals surface area contributed by atoms with Crippen molar-refractivity contribution in [3.8, 4) is 0 Å². The van der Waals surface area contributed by atoms with Crippen LogP contribution in [0.3, 0.4) is 0 Å². The standard InChI is InChI=1S/C11H16F3N3O2/c1-6(9(18)19-10(2,3)4)17-5-7(15)8(16-17)11(12,13)14/h5-6H,15H2,1-4H3/t6-/m0/s1. The molecule has 2 N–H and O–H groups in total. The first-order chi connectivity index (χ1) is 8.42. The normalized spacial score (nSPS) is 14.3. The maximum Gasteiger partial charge on any atom is 0.437 e. The second-order valence-electron chi connectivity index (χ2n) is 5.12. The molecule has 0 radical (unpaired) electrons. The molecule has 1 atom stereocenters. The summed E-state index contributed by atoms with van der Waals surface area (Å²) in [5.41, 5.74) is 2.78. The number of nitrogen functional groups attached to an aromatic ring is 1. The maximum atomic E-state index is 12.5. The molecule has 0 saturated heterocycles. The third-order valence-electron chi connectivity index (χ3n) is 2.17. The van der Waals surface area contributed by atoms with E-state index in [2.05, 4.69) is 5.10 Å². The fourth-order valence-corrected chi connectivity index (χ4v) is 1.32. The van der Waals surface area contributed by atoms with Gasteiger partial charge in [0.25, 0.3) is 0 Å². The van der Waals surface area contributed by atoms with Crippen LogP contribution in [-0.2, 0) is 15.7 Å². The van der Waals surface area contributed by atoms with Crippen molar-refractivity contribution in [1.29, 1.82) is 0 Å². The molecule has 1 aromatic rings. The molecule has 0 spiro atoms. The Balaban J connectivity index is 2.96. The molecule has 0 aliphatic heterocycles. The molecule has 0 fully saturated rings. The van der Waals surface area contributed by atoms with Crippen LogP contribution < -0.4 is 5.73 Å². The lowest BCUT2D eigenvalue weighted by molar-refractivity contribution is -0.159. The van der Waals surface area contributed by atoms with E-state index in [-0.39, 0.29) is 0 Å². The number of anilines is 1. The molecule has 0 aliphatic carbocycles. The van der Waals surface area contributed by atoms with Crippen LogP contribution in [0, 0.1) is 0 Å². The van der Waals surface area contributed by atoms with Gasteiger partial charge in [0.1, 0.15) is 11.6 Å². The Morgan fingerprint density at radius 3 is 2.32 bits per heavy atom. The summed E-state index contributed by atoms with van der Waals surface area (Å²) in [4.78, 5) is 11.7. The lowest BCUT2D eigenvalue weighted by atomic mass is 10.2. The van der Waals surface area contributed by atoms with Gasteiger partial charge in [-0.05, 0) is 27.7 Å². The van der Waals surface area contributed by atoms with Crippen molar-refractivity contribution in [2.24, 2.45) is 0 Å². The molecular weight excluding hydrogens is 263 g/mol. The van der Waals surface area contributed by atoms with E-state index in [1.54, 1.807) is 20.8 Å². The largest absolute Gasteiger partial charge is 0.458 e. The van der Waals surface area contributed by atoms with Gasteiger partial charge < -0.3 is 10.5 Å². The number of carbonyl (C=O) groups is 1. The topological polar surface area (TPSA) is 70.1 Å². The monoisotopic (exact) mass is 279 g/mol. The highest BCUT2D eigenvalue weighted by Crippen LogP contribution is 2.32. The molecule has 8 heteroatoms. The summed E-state index contributed by atoms with van der Waals surface area (Å²) in [6, 6.07) is -0.988. The minimum absolute atomic E-state index is 0.525. The van der Waals surface area contributed by atoms with Crippen molar-refractivity contribution in [3.05, 3.63) is 11.9 Å². The van der Waals surface area contributed by atoms with Crippen LogP contribution in [0.1, 0.15) is 39.4 Å². The van der Waals surface area contributed by atoms with Gasteiger partial charge in [-0.15, -0.1) is 0 Å². The quantitative estimate of drug-likeness (QED) is 0.844. The van der Waals surface area contributed by atoms with Crippen molar-refractivity contribution in [3.63, 3.8) is 0 Å². The smallest absolute Gasteiger partial charge is 0.437 e. The van der Waals surface area contributed by atoms with Gasteiger partial charge in [0.2, 0.25) is 0 Å². The van der Waals surface area contributed by atoms with Gasteiger partial charge in [0.15, 0.2) is 5.69 Å². The third kappa shape index (κ3) is 3.87. The van der Waals surface area contributed by atoms with E-state index in [1.807, 2.05) is 0 Å². The lowest BCUT2D eigenvalue weighted by Crippen LogP contribution is -2.29. The zero-order chi connectivity index (χ0) is 15.0. The first-order valence-corrected chi connectivity index (χ1v) is 5.56. The van der Waals surface area contributed by atoms with E-state index in [1.165, 1.54) is 6.92 Å². The number of alkyl halides is 3. The van der Waals surface area contributed by atoms with Crippen molar-refractivity contribution in [1.82, 2.24) is 9.78 Å². The Hall–Kier alpha value is -1.73. The highest BCUT2D eigenvalue weighted by molar-refractivity contribution is 5.74. The number of nitrogens with two attached hydrogens (primary N) is 1. The van der Waals surface area contributed by atoms with E-state index in [4.69, 9.17) is 10.5 Å². The van der Waals surface area contributed by atoms with Crippen molar-refractivity contribution < 1.29 is 22.7 Å². The molecule has 19 heavy (non-hydrogen) atoms. The Bertz CT molecular complexity index is 475. The zero-order valence-corrected chi connectivity index (χ0v) is 11.1. The molecule has 1 rings (SSSR count). The number of hydrogen-bond donors (Lipinski definition) is 1. The third-order valence-corrected chi connectivity index (χ3v) is 2.17. The summed E-state index contributed by atoms with van der Waals surface area (Å²) >= 11 is 0. The van der Waals surface area contributed by atoms with Gasteiger partial charge in [-0.3, -0.25) is 4.68 Å². The van der Waals surface area contributed by atoms with E-state index in [9.17, 15) is 18.0 Å². The van der Waals surface area contributed by atoms with E-state index in [0.29, 0.717) is 0 Å². The number of rotatable bonds is 2. The lowest BCUT2D eigenvalue weighted by Gasteiger charge is -2.22. The predicted molar refractivity (Wildman–Crippen MR) is 62.2 cm³/mol. The van der Waals surface area contributed by atoms with Crippen LogP contribution in [0.4, 0.5) is 18.9 Å². The summed E-state index contributed by atoms with van der Waals surface area (Å²) in [6.45, 7) is 6.38. The van der Waals surface area contributed by atoms with Gasteiger partial charge in [-0.1, -0.05) is 0 Å². The minimum atomic E-state index is -4.65. The number of halogens is 3. The van der Waals surface area contributed by atoms with Crippen LogP contribution in [-0.4, -0.2) is 21.4 Å². The molecule has 0 unspecified atom stereocenters. The Labute approximate surface area is 108 Å². The van der Waals surface area contributed by atoms with Crippen LogP contribution in [0.15, 0.2) is 6.20 Å². The van der Waals surface area contributed by atoms with Gasteiger partial charge in [0.05, 0.1) is 5.69 Å². The van der Waals surface area contributed by atoms with E-state index in [0.717, 1.165) is 10.9 Å². The summed E-state index contributed by atoms with van der Waals surface area (Å²) in [6.07, 6.45) is -3.68. The second-order valence-corrected chi connectivity index (χ2v) is 5.12. The molecule has 0 saturated carbocycles. The molecular formula is C11H16F3N3O2. The van der Waals surface area contributed by atoms with Crippen LogP contribution in [0.25, 0.3) is 0 Å². The predicted octanol–water partition coefficient (Wildman–Crippen LogP) is 2.39.